The van der Waals surface area contributed by atoms with Gasteiger partial charge in [-0.05, 0) is 38.2 Å². The Balaban J connectivity index is 4.12. The molecule has 0 aromatic rings. The summed E-state index contributed by atoms with van der Waals surface area (Å²) in [5.74, 6) is -0.871. The summed E-state index contributed by atoms with van der Waals surface area (Å²) in [6.07, 6.45) is 25.9. The van der Waals surface area contributed by atoms with Crippen LogP contribution in [0, 0.1) is 0 Å². The van der Waals surface area contributed by atoms with Crippen molar-refractivity contribution in [2.24, 2.45) is 0 Å². The van der Waals surface area contributed by atoms with Crippen LogP contribution < -0.4 is 0 Å². The van der Waals surface area contributed by atoms with Crippen LogP contribution in [-0.4, -0.2) is 46.8 Å². The number of phosphoric ester groups is 1. The molecular weight excluding hydrogens is 571 g/mol. The second-order valence-corrected chi connectivity index (χ2v) is 12.4. The summed E-state index contributed by atoms with van der Waals surface area (Å²) in [4.78, 5) is 54.3. The van der Waals surface area contributed by atoms with E-state index in [0.717, 1.165) is 51.4 Å². The lowest BCUT2D eigenvalue weighted by Gasteiger charge is -2.18. The highest BCUT2D eigenvalue weighted by molar-refractivity contribution is 7.46. The van der Waals surface area contributed by atoms with Gasteiger partial charge in [0.05, 0.1) is 6.61 Å². The molecule has 250 valence electrons. The van der Waals surface area contributed by atoms with Crippen LogP contribution >= 0.6 is 7.82 Å². The van der Waals surface area contributed by atoms with Crippen LogP contribution in [0.5, 0.6) is 0 Å². The first kappa shape index (κ1) is 41.2. The quantitative estimate of drug-likeness (QED) is 0.0263. The topological polar surface area (TPSA) is 136 Å². The van der Waals surface area contributed by atoms with Crippen molar-refractivity contribution < 1.29 is 42.7 Å². The minimum absolute atomic E-state index is 0.110. The Morgan fingerprint density at radius 1 is 0.651 bits per heavy atom. The van der Waals surface area contributed by atoms with Crippen molar-refractivity contribution in [3.8, 4) is 0 Å². The molecule has 0 radical (unpaired) electrons. The van der Waals surface area contributed by atoms with Crippen molar-refractivity contribution >= 4 is 25.5 Å². The van der Waals surface area contributed by atoms with Gasteiger partial charge in [-0.25, -0.2) is 4.57 Å². The normalized spacial score (nSPS) is 12.7. The van der Waals surface area contributed by atoms with E-state index in [1.165, 1.54) is 51.4 Å². The second kappa shape index (κ2) is 28.9. The number of rotatable bonds is 30. The average Bonchev–Trinajstić information content (AvgIpc) is 2.96. The molecule has 43 heavy (non-hydrogen) atoms. The van der Waals surface area contributed by atoms with E-state index in [-0.39, 0.29) is 25.2 Å². The predicted octanol–water partition coefficient (Wildman–Crippen LogP) is 8.46. The smallest absolute Gasteiger partial charge is 0.462 e. The number of unbranched alkanes of at least 4 members (excludes halogenated alkanes) is 15. The zero-order valence-corrected chi connectivity index (χ0v) is 27.7. The molecular formula is C33H59O9P. The maximum atomic E-state index is 12.3. The Bertz CT molecular complexity index is 819. The number of ether oxygens (including phenoxy) is 2. The third kappa shape index (κ3) is 31.4. The van der Waals surface area contributed by atoms with Gasteiger partial charge < -0.3 is 19.3 Å². The average molecular weight is 631 g/mol. The largest absolute Gasteiger partial charge is 0.469 e. The Hall–Kier alpha value is -1.80. The summed E-state index contributed by atoms with van der Waals surface area (Å²) in [5, 5.41) is 0. The first-order valence-corrected chi connectivity index (χ1v) is 18.1. The number of carbonyl (C=O) groups excluding carboxylic acids is 3. The fraction of sp³-hybridized carbons (Fsp3) is 0.788. The van der Waals surface area contributed by atoms with Gasteiger partial charge in [0.1, 0.15) is 6.61 Å². The van der Waals surface area contributed by atoms with Gasteiger partial charge in [-0.15, -0.1) is 0 Å². The lowest BCUT2D eigenvalue weighted by Crippen LogP contribution is -2.29. The highest BCUT2D eigenvalue weighted by Crippen LogP contribution is 2.35. The summed E-state index contributed by atoms with van der Waals surface area (Å²) >= 11 is 0. The molecule has 0 aromatic heterocycles. The number of ketones is 1. The summed E-state index contributed by atoms with van der Waals surface area (Å²) in [7, 11) is -4.77. The third-order valence-electron chi connectivity index (χ3n) is 6.95. The highest BCUT2D eigenvalue weighted by atomic mass is 31.2. The van der Waals surface area contributed by atoms with Crippen molar-refractivity contribution in [2.45, 2.75) is 155 Å². The Morgan fingerprint density at radius 2 is 1.16 bits per heavy atom. The standard InChI is InChI=1S/C33H59O9P/c1-3-5-7-9-11-12-14-18-22-26-32(35)40-28-31(29-41-43(37,38)39)42-33(36)27-23-19-15-17-21-25-30(34)24-20-16-13-10-8-6-4-2/h13,16,20,24,31H,3-12,14-15,17-19,21-23,25-29H2,1-2H3,(H2,37,38,39)/b16-13-,24-20+/t31-/m1/s1. The van der Waals surface area contributed by atoms with Gasteiger partial charge in [-0.3, -0.25) is 18.9 Å². The lowest BCUT2D eigenvalue weighted by molar-refractivity contribution is -0.161. The number of hydrogen-bond acceptors (Lipinski definition) is 7. The number of phosphoric acid groups is 1. The third-order valence-corrected chi connectivity index (χ3v) is 7.43. The van der Waals surface area contributed by atoms with Crippen LogP contribution in [0.4, 0.5) is 0 Å². The van der Waals surface area contributed by atoms with E-state index >= 15 is 0 Å². The minimum atomic E-state index is -4.77. The Kier molecular flexibility index (Phi) is 27.7. The monoisotopic (exact) mass is 630 g/mol. The molecule has 10 heteroatoms. The van der Waals surface area contributed by atoms with Crippen LogP contribution in [0.1, 0.15) is 149 Å². The molecule has 0 aliphatic rings. The molecule has 0 aromatic carbocycles. The van der Waals surface area contributed by atoms with E-state index < -0.39 is 32.5 Å². The van der Waals surface area contributed by atoms with E-state index in [1.807, 2.05) is 6.08 Å². The van der Waals surface area contributed by atoms with E-state index in [0.29, 0.717) is 19.3 Å². The molecule has 0 fully saturated rings. The molecule has 0 saturated heterocycles. The molecule has 0 aliphatic carbocycles. The van der Waals surface area contributed by atoms with Crippen molar-refractivity contribution in [2.75, 3.05) is 13.2 Å². The minimum Gasteiger partial charge on any atom is -0.462 e. The van der Waals surface area contributed by atoms with E-state index in [4.69, 9.17) is 19.3 Å². The van der Waals surface area contributed by atoms with Crippen molar-refractivity contribution in [1.29, 1.82) is 0 Å². The van der Waals surface area contributed by atoms with Gasteiger partial charge in [0.25, 0.3) is 0 Å². The van der Waals surface area contributed by atoms with Crippen molar-refractivity contribution in [3.63, 3.8) is 0 Å². The van der Waals surface area contributed by atoms with Crippen LogP contribution in [0.2, 0.25) is 0 Å². The lowest BCUT2D eigenvalue weighted by atomic mass is 10.1. The second-order valence-electron chi connectivity index (χ2n) is 11.2. The molecule has 0 saturated carbocycles. The zero-order valence-electron chi connectivity index (χ0n) is 26.8. The molecule has 0 heterocycles. The van der Waals surface area contributed by atoms with Gasteiger partial charge >= 0.3 is 19.8 Å². The number of hydrogen-bond donors (Lipinski definition) is 2. The Morgan fingerprint density at radius 3 is 1.74 bits per heavy atom. The number of esters is 2. The fourth-order valence-electron chi connectivity index (χ4n) is 4.41. The molecule has 2 N–H and O–H groups in total. The van der Waals surface area contributed by atoms with Crippen LogP contribution in [0.15, 0.2) is 24.3 Å². The van der Waals surface area contributed by atoms with Crippen LogP contribution in [-0.2, 0) is 32.9 Å². The van der Waals surface area contributed by atoms with Crippen molar-refractivity contribution in [1.82, 2.24) is 0 Å². The summed E-state index contributed by atoms with van der Waals surface area (Å²) in [6.45, 7) is 3.48. The van der Waals surface area contributed by atoms with Gasteiger partial charge in [-0.1, -0.05) is 116 Å². The molecule has 0 rings (SSSR count). The molecule has 1 atom stereocenters. The molecule has 0 amide bonds. The molecule has 0 spiro atoms. The molecule has 0 unspecified atom stereocenters. The SMILES string of the molecule is CCCCC/C=C\C=C\C(=O)CCCCCCCC(=O)O[C@H](COC(=O)CCCCCCCCCCC)COP(=O)(O)O. The predicted molar refractivity (Wildman–Crippen MR) is 170 cm³/mol. The molecule has 0 aliphatic heterocycles. The molecule has 9 nitrogen and oxygen atoms in total. The number of allylic oxidation sites excluding steroid dienone is 4. The fourth-order valence-corrected chi connectivity index (χ4v) is 4.77. The zero-order chi connectivity index (χ0) is 32.0. The van der Waals surface area contributed by atoms with E-state index in [9.17, 15) is 18.9 Å². The molecule has 0 bridgehead atoms. The Labute approximate surface area is 260 Å². The van der Waals surface area contributed by atoms with Gasteiger partial charge in [-0.2, -0.15) is 0 Å². The van der Waals surface area contributed by atoms with Crippen LogP contribution in [0.25, 0.3) is 0 Å². The summed E-state index contributed by atoms with van der Waals surface area (Å²) in [6, 6.07) is 0. The first-order chi connectivity index (χ1) is 20.7. The van der Waals surface area contributed by atoms with E-state index in [1.54, 1.807) is 12.2 Å². The van der Waals surface area contributed by atoms with Gasteiger partial charge in [0.2, 0.25) is 0 Å². The summed E-state index contributed by atoms with van der Waals surface area (Å²) in [5.41, 5.74) is 0. The first-order valence-electron chi connectivity index (χ1n) is 16.6. The highest BCUT2D eigenvalue weighted by Gasteiger charge is 2.22. The van der Waals surface area contributed by atoms with Crippen LogP contribution in [0.3, 0.4) is 0 Å². The maximum Gasteiger partial charge on any atom is 0.469 e. The maximum absolute atomic E-state index is 12.3. The van der Waals surface area contributed by atoms with Crippen molar-refractivity contribution in [3.05, 3.63) is 24.3 Å². The van der Waals surface area contributed by atoms with Gasteiger partial charge in [0, 0.05) is 19.3 Å². The van der Waals surface area contributed by atoms with E-state index in [2.05, 4.69) is 24.4 Å². The number of carbonyl (C=O) groups is 3. The summed E-state index contributed by atoms with van der Waals surface area (Å²) < 4.78 is 26.1. The van der Waals surface area contributed by atoms with Gasteiger partial charge in [0.15, 0.2) is 11.9 Å².